The van der Waals surface area contributed by atoms with Gasteiger partial charge in [0.1, 0.15) is 0 Å². The predicted octanol–water partition coefficient (Wildman–Crippen LogP) is 1.29. The van der Waals surface area contributed by atoms with E-state index in [-0.39, 0.29) is 5.92 Å². The molecule has 1 atom stereocenters. The fraction of sp³-hybridized carbons (Fsp3) is 0.273. The third-order valence-electron chi connectivity index (χ3n) is 2.23. The Kier molecular flexibility index (Phi) is 3.24. The van der Waals surface area contributed by atoms with E-state index in [2.05, 4.69) is 21.4 Å². The molecule has 1 aliphatic heterocycles. The Morgan fingerprint density at radius 2 is 2.44 bits per heavy atom. The number of nitrogens with zero attached hydrogens (tertiary/aromatic N) is 5. The maximum absolute atomic E-state index is 8.46. The topological polar surface area (TPSA) is 65.2 Å². The Balaban J connectivity index is 1.99. The maximum Gasteiger partial charge on any atom is 0.0754 e. The van der Waals surface area contributed by atoms with Crippen molar-refractivity contribution in [3.63, 3.8) is 0 Å². The standard InChI is InChI=1S/C11H11N5/c12-5-2-7-16-8-4-10(9-14-16)11-3-1-6-13-15-11/h1,3-4,6,8-10H,2,7H2. The summed E-state index contributed by atoms with van der Waals surface area (Å²) in [6.45, 7) is 0.622. The summed E-state index contributed by atoms with van der Waals surface area (Å²) in [5.74, 6) is 0.0760. The number of aromatic nitrogens is 2. The maximum atomic E-state index is 8.46. The molecule has 0 N–H and O–H groups in total. The molecule has 80 valence electrons. The molecule has 5 heteroatoms. The van der Waals surface area contributed by atoms with Crippen LogP contribution < -0.4 is 0 Å². The van der Waals surface area contributed by atoms with Gasteiger partial charge in [0.05, 0.1) is 30.6 Å². The Labute approximate surface area is 93.7 Å². The first-order valence-electron chi connectivity index (χ1n) is 5.04. The lowest BCUT2D eigenvalue weighted by Gasteiger charge is -2.18. The van der Waals surface area contributed by atoms with Gasteiger partial charge in [0.2, 0.25) is 0 Å². The molecule has 1 unspecified atom stereocenters. The van der Waals surface area contributed by atoms with Crippen molar-refractivity contribution in [1.29, 1.82) is 5.26 Å². The Morgan fingerprint density at radius 3 is 3.06 bits per heavy atom. The molecule has 1 aromatic rings. The predicted molar refractivity (Wildman–Crippen MR) is 59.3 cm³/mol. The van der Waals surface area contributed by atoms with Gasteiger partial charge in [0.15, 0.2) is 0 Å². The SMILES string of the molecule is N#CCCN1C=CC(c2cccnn2)C=N1. The number of hydrazone groups is 1. The van der Waals surface area contributed by atoms with Gasteiger partial charge in [-0.25, -0.2) is 0 Å². The second-order valence-corrected chi connectivity index (χ2v) is 3.35. The van der Waals surface area contributed by atoms with Crippen molar-refractivity contribution in [2.75, 3.05) is 6.54 Å². The van der Waals surface area contributed by atoms with Crippen LogP contribution in [0.15, 0.2) is 35.7 Å². The summed E-state index contributed by atoms with van der Waals surface area (Å²) in [5.41, 5.74) is 0.877. The van der Waals surface area contributed by atoms with Gasteiger partial charge in [-0.2, -0.15) is 20.6 Å². The van der Waals surface area contributed by atoms with Gasteiger partial charge in [-0.1, -0.05) is 6.08 Å². The lowest BCUT2D eigenvalue weighted by atomic mass is 10.1. The highest BCUT2D eigenvalue weighted by atomic mass is 15.4. The smallest absolute Gasteiger partial charge is 0.0754 e. The molecular formula is C11H11N5. The average Bonchev–Trinajstić information content (AvgIpc) is 2.38. The Morgan fingerprint density at radius 1 is 1.50 bits per heavy atom. The van der Waals surface area contributed by atoms with E-state index < -0.39 is 0 Å². The summed E-state index contributed by atoms with van der Waals surface area (Å²) in [4.78, 5) is 0. The van der Waals surface area contributed by atoms with E-state index in [1.807, 2.05) is 24.4 Å². The van der Waals surface area contributed by atoms with E-state index in [9.17, 15) is 0 Å². The fourth-order valence-electron chi connectivity index (χ4n) is 1.40. The van der Waals surface area contributed by atoms with E-state index in [0.717, 1.165) is 5.69 Å². The van der Waals surface area contributed by atoms with E-state index in [1.54, 1.807) is 17.4 Å². The van der Waals surface area contributed by atoms with E-state index in [0.29, 0.717) is 13.0 Å². The highest BCUT2D eigenvalue weighted by molar-refractivity contribution is 5.70. The molecule has 0 radical (unpaired) electrons. The minimum atomic E-state index is 0.0760. The number of hydrogen-bond acceptors (Lipinski definition) is 5. The molecule has 0 saturated heterocycles. The van der Waals surface area contributed by atoms with Gasteiger partial charge in [0, 0.05) is 18.6 Å². The van der Waals surface area contributed by atoms with Crippen LogP contribution in [0.3, 0.4) is 0 Å². The first kappa shape index (κ1) is 10.3. The highest BCUT2D eigenvalue weighted by Gasteiger charge is 2.11. The first-order chi connectivity index (χ1) is 7.90. The number of allylic oxidation sites excluding steroid dienone is 1. The summed E-state index contributed by atoms with van der Waals surface area (Å²) < 4.78 is 0. The van der Waals surface area contributed by atoms with Crippen LogP contribution in [0.4, 0.5) is 0 Å². The Bertz CT molecular complexity index is 417. The van der Waals surface area contributed by atoms with Crippen LogP contribution in [0.5, 0.6) is 0 Å². The molecule has 0 fully saturated rings. The Hall–Kier alpha value is -2.22. The molecule has 0 aromatic carbocycles. The quantitative estimate of drug-likeness (QED) is 0.758. The zero-order valence-corrected chi connectivity index (χ0v) is 8.69. The molecule has 1 aromatic heterocycles. The summed E-state index contributed by atoms with van der Waals surface area (Å²) in [7, 11) is 0. The van der Waals surface area contributed by atoms with Gasteiger partial charge in [-0.15, -0.1) is 0 Å². The molecule has 0 bridgehead atoms. The number of rotatable bonds is 3. The first-order valence-corrected chi connectivity index (χ1v) is 5.04. The van der Waals surface area contributed by atoms with E-state index >= 15 is 0 Å². The van der Waals surface area contributed by atoms with Crippen molar-refractivity contribution in [2.24, 2.45) is 5.10 Å². The van der Waals surface area contributed by atoms with Crippen molar-refractivity contribution in [2.45, 2.75) is 12.3 Å². The van der Waals surface area contributed by atoms with E-state index in [4.69, 9.17) is 5.26 Å². The van der Waals surface area contributed by atoms with E-state index in [1.165, 1.54) is 0 Å². The minimum Gasteiger partial charge on any atom is -0.272 e. The van der Waals surface area contributed by atoms with Crippen molar-refractivity contribution < 1.29 is 0 Å². The summed E-state index contributed by atoms with van der Waals surface area (Å²) in [6, 6.07) is 5.85. The molecule has 2 rings (SSSR count). The van der Waals surface area contributed by atoms with Crippen LogP contribution in [-0.4, -0.2) is 28.0 Å². The monoisotopic (exact) mass is 213 g/mol. The van der Waals surface area contributed by atoms with Crippen LogP contribution in [0.1, 0.15) is 18.0 Å². The van der Waals surface area contributed by atoms with Crippen molar-refractivity contribution in [1.82, 2.24) is 15.2 Å². The van der Waals surface area contributed by atoms with Crippen LogP contribution >= 0.6 is 0 Å². The molecule has 0 amide bonds. The third-order valence-corrected chi connectivity index (χ3v) is 2.23. The molecule has 0 saturated carbocycles. The number of nitriles is 1. The molecule has 16 heavy (non-hydrogen) atoms. The third kappa shape index (κ3) is 2.42. The van der Waals surface area contributed by atoms with Gasteiger partial charge in [0.25, 0.3) is 0 Å². The van der Waals surface area contributed by atoms with Gasteiger partial charge in [-0.05, 0) is 12.1 Å². The number of hydrogen-bond donors (Lipinski definition) is 0. The summed E-state index contributed by atoms with van der Waals surface area (Å²) >= 11 is 0. The van der Waals surface area contributed by atoms with Crippen LogP contribution in [0.2, 0.25) is 0 Å². The fourth-order valence-corrected chi connectivity index (χ4v) is 1.40. The zero-order valence-electron chi connectivity index (χ0n) is 8.69. The second-order valence-electron chi connectivity index (χ2n) is 3.35. The van der Waals surface area contributed by atoms with Gasteiger partial charge >= 0.3 is 0 Å². The normalized spacial score (nSPS) is 18.4. The average molecular weight is 213 g/mol. The second kappa shape index (κ2) is 5.03. The molecular weight excluding hydrogens is 202 g/mol. The lowest BCUT2D eigenvalue weighted by molar-refractivity contribution is 0.402. The summed E-state index contributed by atoms with van der Waals surface area (Å²) in [5, 5.41) is 22.3. The van der Waals surface area contributed by atoms with Crippen molar-refractivity contribution in [3.05, 3.63) is 36.3 Å². The molecule has 1 aliphatic rings. The van der Waals surface area contributed by atoms with Crippen molar-refractivity contribution >= 4 is 6.21 Å². The molecule has 5 nitrogen and oxygen atoms in total. The lowest BCUT2D eigenvalue weighted by Crippen LogP contribution is -2.17. The van der Waals surface area contributed by atoms with Crippen LogP contribution in [-0.2, 0) is 0 Å². The molecule has 0 spiro atoms. The van der Waals surface area contributed by atoms with Crippen molar-refractivity contribution in [3.8, 4) is 6.07 Å². The zero-order chi connectivity index (χ0) is 11.2. The van der Waals surface area contributed by atoms with Crippen LogP contribution in [0, 0.1) is 11.3 Å². The van der Waals surface area contributed by atoms with Gasteiger partial charge < -0.3 is 0 Å². The van der Waals surface area contributed by atoms with Crippen LogP contribution in [0.25, 0.3) is 0 Å². The van der Waals surface area contributed by atoms with Gasteiger partial charge in [-0.3, -0.25) is 5.01 Å². The molecule has 2 heterocycles. The molecule has 0 aliphatic carbocycles. The summed E-state index contributed by atoms with van der Waals surface area (Å²) in [6.07, 6.45) is 7.79. The minimum absolute atomic E-state index is 0.0760. The largest absolute Gasteiger partial charge is 0.272 e. The highest BCUT2D eigenvalue weighted by Crippen LogP contribution is 2.15.